The number of carbonyl (C=O) groups is 2. The Bertz CT molecular complexity index is 741. The second-order valence-corrected chi connectivity index (χ2v) is 7.35. The first-order chi connectivity index (χ1) is 14.5. The monoisotopic (exact) mass is 468 g/mol. The molecule has 1 aliphatic rings. The van der Waals surface area contributed by atoms with Crippen LogP contribution in [-0.4, -0.2) is 69.7 Å². The van der Waals surface area contributed by atoms with Crippen molar-refractivity contribution in [2.45, 2.75) is 44.0 Å². The van der Waals surface area contributed by atoms with Gasteiger partial charge < -0.3 is 25.0 Å². The van der Waals surface area contributed by atoms with Crippen molar-refractivity contribution in [2.24, 2.45) is 5.92 Å². The van der Waals surface area contributed by atoms with Gasteiger partial charge in [-0.15, -0.1) is 0 Å². The third-order valence-corrected chi connectivity index (χ3v) is 5.14. The van der Waals surface area contributed by atoms with Gasteiger partial charge in [-0.25, -0.2) is 0 Å². The minimum Gasteiger partial charge on any atom is -0.449 e. The molecule has 174 valence electrons. The van der Waals surface area contributed by atoms with Gasteiger partial charge in [-0.3, -0.25) is 14.9 Å². The summed E-state index contributed by atoms with van der Waals surface area (Å²) in [6.45, 7) is 0.199. The zero-order valence-corrected chi connectivity index (χ0v) is 17.1. The molecule has 0 aliphatic carbocycles. The fourth-order valence-electron chi connectivity index (χ4n) is 3.17. The molecule has 1 aliphatic heterocycles. The van der Waals surface area contributed by atoms with Gasteiger partial charge in [-0.05, 0) is 30.5 Å². The number of ether oxygens (including phenoxy) is 1. The molecule has 1 amide bonds. The number of piperidine rings is 1. The molecule has 1 aromatic rings. The number of rotatable bonds is 8. The summed E-state index contributed by atoms with van der Waals surface area (Å²) in [5.41, 5.74) is -0.427. The summed E-state index contributed by atoms with van der Waals surface area (Å²) >= 11 is 5.35. The molecule has 0 spiro atoms. The summed E-state index contributed by atoms with van der Waals surface area (Å²) in [6, 6.07) is 3.90. The summed E-state index contributed by atoms with van der Waals surface area (Å²) in [7, 11) is 0. The summed E-state index contributed by atoms with van der Waals surface area (Å²) < 4.78 is 42.4. The summed E-state index contributed by atoms with van der Waals surface area (Å²) in [5, 5.41) is 32.7. The van der Waals surface area contributed by atoms with Crippen molar-refractivity contribution < 1.29 is 42.8 Å². The average Bonchev–Trinajstić information content (AvgIpc) is 2.75. The number of halogens is 4. The number of aliphatic hydroxyl groups excluding tert-OH is 3. The van der Waals surface area contributed by atoms with E-state index in [4.69, 9.17) is 16.3 Å². The fourth-order valence-corrected chi connectivity index (χ4v) is 3.28. The molecule has 1 saturated heterocycles. The number of benzene rings is 1. The van der Waals surface area contributed by atoms with E-state index in [9.17, 15) is 38.1 Å². The van der Waals surface area contributed by atoms with Crippen LogP contribution >= 0.6 is 11.6 Å². The van der Waals surface area contributed by atoms with Gasteiger partial charge >= 0.3 is 12.1 Å². The summed E-state index contributed by atoms with van der Waals surface area (Å²) in [6.07, 6.45) is -9.37. The van der Waals surface area contributed by atoms with Gasteiger partial charge in [0.15, 0.2) is 12.2 Å². The zero-order chi connectivity index (χ0) is 23.2. The Kier molecular flexibility index (Phi) is 9.07. The van der Waals surface area contributed by atoms with E-state index in [1.165, 1.54) is 17.0 Å². The molecular weight excluding hydrogens is 445 g/mol. The minimum atomic E-state index is -4.47. The lowest BCUT2D eigenvalue weighted by Crippen LogP contribution is -2.54. The van der Waals surface area contributed by atoms with E-state index in [0.29, 0.717) is 18.4 Å². The number of hydrogen-bond acceptors (Lipinski definition) is 7. The van der Waals surface area contributed by atoms with Crippen molar-refractivity contribution in [2.75, 3.05) is 19.2 Å². The highest BCUT2D eigenvalue weighted by molar-refractivity contribution is 6.17. The van der Waals surface area contributed by atoms with Crippen LogP contribution in [-0.2, 0) is 27.0 Å². The molecule has 12 heteroatoms. The minimum absolute atomic E-state index is 0.106. The number of aliphatic hydroxyl groups is 3. The van der Waals surface area contributed by atoms with Crippen LogP contribution in [0.4, 0.5) is 13.2 Å². The van der Waals surface area contributed by atoms with Gasteiger partial charge in [0.1, 0.15) is 12.3 Å². The summed E-state index contributed by atoms with van der Waals surface area (Å²) in [5.74, 6) is -1.70. The lowest BCUT2D eigenvalue weighted by molar-refractivity contribution is -0.157. The molecule has 1 unspecified atom stereocenters. The molecule has 1 aromatic carbocycles. The van der Waals surface area contributed by atoms with Gasteiger partial charge in [0, 0.05) is 19.6 Å². The van der Waals surface area contributed by atoms with Crippen molar-refractivity contribution in [1.29, 1.82) is 0 Å². The molecule has 8 nitrogen and oxygen atoms in total. The number of carbonyl (C=O) groups excluding carboxylic acids is 2. The topological polar surface area (TPSA) is 119 Å². The lowest BCUT2D eigenvalue weighted by Gasteiger charge is -2.33. The average molecular weight is 469 g/mol. The first kappa shape index (κ1) is 25.3. The van der Waals surface area contributed by atoms with Gasteiger partial charge in [0.05, 0.1) is 11.5 Å². The van der Waals surface area contributed by atoms with Crippen LogP contribution in [0.3, 0.4) is 0 Å². The molecule has 0 aromatic heterocycles. The highest BCUT2D eigenvalue weighted by atomic mass is 35.5. The lowest BCUT2D eigenvalue weighted by atomic mass is 9.96. The number of nitrogens with one attached hydrogen (secondary N) is 1. The van der Waals surface area contributed by atoms with E-state index in [1.807, 2.05) is 0 Å². The van der Waals surface area contributed by atoms with Crippen LogP contribution in [0.15, 0.2) is 24.3 Å². The van der Waals surface area contributed by atoms with Crippen LogP contribution in [0.5, 0.6) is 0 Å². The van der Waals surface area contributed by atoms with Crippen molar-refractivity contribution in [1.82, 2.24) is 10.2 Å². The van der Waals surface area contributed by atoms with E-state index < -0.39 is 48.0 Å². The van der Waals surface area contributed by atoms with E-state index in [0.717, 1.165) is 12.1 Å². The Morgan fingerprint density at radius 3 is 2.26 bits per heavy atom. The third-order valence-electron chi connectivity index (χ3n) is 5.03. The Balaban J connectivity index is 1.83. The Labute approximate surface area is 181 Å². The smallest absolute Gasteiger partial charge is 0.416 e. The van der Waals surface area contributed by atoms with E-state index in [1.54, 1.807) is 0 Å². The van der Waals surface area contributed by atoms with E-state index in [2.05, 4.69) is 5.32 Å². The van der Waals surface area contributed by atoms with Crippen LogP contribution in [0.1, 0.15) is 24.0 Å². The normalized spacial score (nSPS) is 18.4. The molecule has 1 fully saturated rings. The van der Waals surface area contributed by atoms with Crippen LogP contribution in [0.25, 0.3) is 0 Å². The SMILES string of the molecule is O=C(OCCl)C1CCN(C(=O)[C@H](O)[C@@H](O)C(O)NCc2ccc(C(F)(F)F)cc2)CC1. The molecule has 2 rings (SSSR count). The standard InChI is InChI=1S/C19H24ClF3N2O6/c20-10-31-18(30)12-5-7-25(8-6-12)17(29)15(27)14(26)16(28)24-9-11-1-3-13(4-2-11)19(21,22)23/h1-4,12,14-16,24,26-28H,5-10H2/t14-,15-,16?/m1/s1. The third kappa shape index (κ3) is 7.04. The summed E-state index contributed by atoms with van der Waals surface area (Å²) in [4.78, 5) is 25.3. The van der Waals surface area contributed by atoms with E-state index >= 15 is 0 Å². The van der Waals surface area contributed by atoms with E-state index in [-0.39, 0.29) is 25.7 Å². The van der Waals surface area contributed by atoms with Gasteiger partial charge in [-0.2, -0.15) is 13.2 Å². The maximum atomic E-state index is 12.6. The van der Waals surface area contributed by atoms with Crippen molar-refractivity contribution in [3.8, 4) is 0 Å². The second kappa shape index (κ2) is 11.1. The second-order valence-electron chi connectivity index (χ2n) is 7.13. The molecule has 3 atom stereocenters. The predicted molar refractivity (Wildman–Crippen MR) is 102 cm³/mol. The predicted octanol–water partition coefficient (Wildman–Crippen LogP) is 0.813. The number of amides is 1. The molecule has 4 N–H and O–H groups in total. The van der Waals surface area contributed by atoms with Gasteiger partial charge in [0.2, 0.25) is 0 Å². The largest absolute Gasteiger partial charge is 0.449 e. The van der Waals surface area contributed by atoms with Crippen LogP contribution < -0.4 is 5.32 Å². The molecule has 1 heterocycles. The number of likely N-dealkylation sites (tertiary alicyclic amines) is 1. The highest BCUT2D eigenvalue weighted by Gasteiger charge is 2.36. The Morgan fingerprint density at radius 2 is 1.74 bits per heavy atom. The van der Waals surface area contributed by atoms with Crippen LogP contribution in [0.2, 0.25) is 0 Å². The highest BCUT2D eigenvalue weighted by Crippen LogP contribution is 2.29. The van der Waals surface area contributed by atoms with Crippen LogP contribution in [0, 0.1) is 5.92 Å². The Morgan fingerprint density at radius 1 is 1.16 bits per heavy atom. The number of nitrogens with zero attached hydrogens (tertiary/aromatic N) is 1. The fraction of sp³-hybridized carbons (Fsp3) is 0.579. The quantitative estimate of drug-likeness (QED) is 0.253. The number of alkyl halides is 4. The van der Waals surface area contributed by atoms with Crippen molar-refractivity contribution in [3.63, 3.8) is 0 Å². The molecule has 0 saturated carbocycles. The molecule has 0 radical (unpaired) electrons. The molecule has 0 bridgehead atoms. The maximum Gasteiger partial charge on any atom is 0.416 e. The first-order valence-electron chi connectivity index (χ1n) is 9.49. The zero-order valence-electron chi connectivity index (χ0n) is 16.4. The maximum absolute atomic E-state index is 12.6. The van der Waals surface area contributed by atoms with Crippen molar-refractivity contribution >= 4 is 23.5 Å². The van der Waals surface area contributed by atoms with Gasteiger partial charge in [-0.1, -0.05) is 23.7 Å². The van der Waals surface area contributed by atoms with Crippen molar-refractivity contribution in [3.05, 3.63) is 35.4 Å². The molecule has 31 heavy (non-hydrogen) atoms. The Hall–Kier alpha value is -1.92. The number of hydrogen-bond donors (Lipinski definition) is 4. The molecular formula is C19H24ClF3N2O6. The first-order valence-corrected chi connectivity index (χ1v) is 10.0. The van der Waals surface area contributed by atoms with Gasteiger partial charge in [0.25, 0.3) is 5.91 Å². The number of esters is 1.